The minimum atomic E-state index is -1.27. The summed E-state index contributed by atoms with van der Waals surface area (Å²) in [5, 5.41) is 15.1. The van der Waals surface area contributed by atoms with Crippen LogP contribution in [0.2, 0.25) is 0 Å². The van der Waals surface area contributed by atoms with Crippen LogP contribution < -0.4 is 10.6 Å². The maximum absolute atomic E-state index is 13.4. The van der Waals surface area contributed by atoms with E-state index >= 15 is 0 Å². The standard InChI is InChI=1S/C24H35N3O5/c1-8-14-27(22(30)19(15-28)26-23(31)32-24(5,6)7)20(21(29)25-16(3)4)18-12-10-17(9-2)11-13-18/h2,10-13,16,19-20,28H,8,14-15H2,1,3-7H3,(H,25,29)(H,26,31). The molecular weight excluding hydrogens is 410 g/mol. The number of terminal acetylenes is 1. The van der Waals surface area contributed by atoms with Crippen LogP contribution in [0.5, 0.6) is 0 Å². The van der Waals surface area contributed by atoms with Crippen molar-refractivity contribution in [3.8, 4) is 12.3 Å². The molecule has 2 unspecified atom stereocenters. The maximum Gasteiger partial charge on any atom is 0.408 e. The highest BCUT2D eigenvalue weighted by molar-refractivity contribution is 5.92. The summed E-state index contributed by atoms with van der Waals surface area (Å²) in [4.78, 5) is 40.1. The van der Waals surface area contributed by atoms with Crippen LogP contribution in [0, 0.1) is 12.3 Å². The largest absolute Gasteiger partial charge is 0.444 e. The fourth-order valence-electron chi connectivity index (χ4n) is 3.04. The zero-order chi connectivity index (χ0) is 24.5. The number of alkyl carbamates (subject to hydrolysis) is 1. The lowest BCUT2D eigenvalue weighted by atomic mass is 10.0. The summed E-state index contributed by atoms with van der Waals surface area (Å²) < 4.78 is 5.20. The first kappa shape index (κ1) is 27.0. The van der Waals surface area contributed by atoms with Crippen molar-refractivity contribution in [1.29, 1.82) is 0 Å². The number of carbonyl (C=O) groups excluding carboxylic acids is 3. The lowest BCUT2D eigenvalue weighted by Gasteiger charge is -2.34. The number of aliphatic hydroxyl groups excluding tert-OH is 1. The molecule has 0 radical (unpaired) electrons. The summed E-state index contributed by atoms with van der Waals surface area (Å²) in [5.74, 6) is 1.56. The molecule has 2 atom stereocenters. The third kappa shape index (κ3) is 8.23. The van der Waals surface area contributed by atoms with E-state index in [2.05, 4.69) is 16.6 Å². The first-order valence-electron chi connectivity index (χ1n) is 10.7. The average Bonchev–Trinajstić information content (AvgIpc) is 2.69. The predicted octanol–water partition coefficient (Wildman–Crippen LogP) is 2.36. The van der Waals surface area contributed by atoms with Crippen molar-refractivity contribution in [2.75, 3.05) is 13.2 Å². The molecule has 0 aliphatic rings. The zero-order valence-electron chi connectivity index (χ0n) is 19.8. The number of hydrogen-bond donors (Lipinski definition) is 3. The molecule has 0 saturated carbocycles. The van der Waals surface area contributed by atoms with Gasteiger partial charge >= 0.3 is 6.09 Å². The fraction of sp³-hybridized carbons (Fsp3) is 0.542. The molecule has 176 valence electrons. The third-order valence-electron chi connectivity index (χ3n) is 4.30. The topological polar surface area (TPSA) is 108 Å². The SMILES string of the molecule is C#Cc1ccc(C(C(=O)NC(C)C)N(CCC)C(=O)C(CO)NC(=O)OC(C)(C)C)cc1. The van der Waals surface area contributed by atoms with Crippen LogP contribution >= 0.6 is 0 Å². The van der Waals surface area contributed by atoms with Crippen LogP contribution in [-0.2, 0) is 14.3 Å². The van der Waals surface area contributed by atoms with Crippen LogP contribution in [0.15, 0.2) is 24.3 Å². The van der Waals surface area contributed by atoms with Gasteiger partial charge in [-0.05, 0) is 58.7 Å². The van der Waals surface area contributed by atoms with E-state index in [-0.39, 0.29) is 18.5 Å². The number of nitrogens with one attached hydrogen (secondary N) is 2. The highest BCUT2D eigenvalue weighted by Crippen LogP contribution is 2.24. The lowest BCUT2D eigenvalue weighted by Crippen LogP contribution is -2.54. The number of carbonyl (C=O) groups is 3. The number of rotatable bonds is 9. The normalized spacial score (nSPS) is 13.0. The summed E-state index contributed by atoms with van der Waals surface area (Å²) >= 11 is 0. The molecule has 3 N–H and O–H groups in total. The summed E-state index contributed by atoms with van der Waals surface area (Å²) in [6.07, 6.45) is 5.16. The molecule has 0 spiro atoms. The molecule has 1 aromatic rings. The summed E-state index contributed by atoms with van der Waals surface area (Å²) in [5.41, 5.74) is 0.442. The second-order valence-corrected chi connectivity index (χ2v) is 8.75. The molecule has 0 heterocycles. The van der Waals surface area contributed by atoms with E-state index < -0.39 is 36.3 Å². The van der Waals surface area contributed by atoms with E-state index in [4.69, 9.17) is 11.2 Å². The Bertz CT molecular complexity index is 822. The predicted molar refractivity (Wildman–Crippen MR) is 123 cm³/mol. The summed E-state index contributed by atoms with van der Waals surface area (Å²) in [7, 11) is 0. The van der Waals surface area contributed by atoms with Gasteiger partial charge in [0.1, 0.15) is 17.7 Å². The van der Waals surface area contributed by atoms with Crippen molar-refractivity contribution in [3.05, 3.63) is 35.4 Å². The van der Waals surface area contributed by atoms with Gasteiger partial charge in [-0.2, -0.15) is 0 Å². The molecule has 0 saturated heterocycles. The lowest BCUT2D eigenvalue weighted by molar-refractivity contribution is -0.143. The average molecular weight is 446 g/mol. The van der Waals surface area contributed by atoms with E-state index in [0.29, 0.717) is 17.5 Å². The molecule has 0 aromatic heterocycles. The number of ether oxygens (including phenoxy) is 1. The van der Waals surface area contributed by atoms with Gasteiger partial charge in [-0.3, -0.25) is 9.59 Å². The number of amides is 3. The molecule has 1 rings (SSSR count). The molecule has 3 amide bonds. The molecular formula is C24H35N3O5. The first-order valence-corrected chi connectivity index (χ1v) is 10.7. The molecule has 1 aromatic carbocycles. The van der Waals surface area contributed by atoms with Gasteiger partial charge in [-0.15, -0.1) is 6.42 Å². The second kappa shape index (κ2) is 12.1. The van der Waals surface area contributed by atoms with Gasteiger partial charge in [0, 0.05) is 18.2 Å². The fourth-order valence-corrected chi connectivity index (χ4v) is 3.04. The Balaban J connectivity index is 3.32. The van der Waals surface area contributed by atoms with Gasteiger partial charge in [-0.1, -0.05) is 25.0 Å². The van der Waals surface area contributed by atoms with Crippen LogP contribution in [0.1, 0.15) is 65.1 Å². The summed E-state index contributed by atoms with van der Waals surface area (Å²) in [6.45, 7) is 10.2. The van der Waals surface area contributed by atoms with Gasteiger partial charge in [0.2, 0.25) is 11.8 Å². The highest BCUT2D eigenvalue weighted by Gasteiger charge is 2.35. The number of aliphatic hydroxyl groups is 1. The summed E-state index contributed by atoms with van der Waals surface area (Å²) in [6, 6.07) is 4.41. The van der Waals surface area contributed by atoms with E-state index in [1.165, 1.54) is 4.90 Å². The Morgan fingerprint density at radius 3 is 2.19 bits per heavy atom. The zero-order valence-corrected chi connectivity index (χ0v) is 19.8. The van der Waals surface area contributed by atoms with Crippen molar-refractivity contribution in [2.24, 2.45) is 0 Å². The molecule has 0 aliphatic carbocycles. The smallest absolute Gasteiger partial charge is 0.408 e. The van der Waals surface area contributed by atoms with Crippen LogP contribution in [0.4, 0.5) is 4.79 Å². The van der Waals surface area contributed by atoms with Gasteiger partial charge in [-0.25, -0.2) is 4.79 Å². The van der Waals surface area contributed by atoms with E-state index in [0.717, 1.165) is 0 Å². The Kier molecular flexibility index (Phi) is 10.2. The van der Waals surface area contributed by atoms with Crippen molar-refractivity contribution in [2.45, 2.75) is 71.7 Å². The monoisotopic (exact) mass is 445 g/mol. The molecule has 0 bridgehead atoms. The van der Waals surface area contributed by atoms with E-state index in [1.807, 2.05) is 20.8 Å². The number of nitrogens with zero attached hydrogens (tertiary/aromatic N) is 1. The van der Waals surface area contributed by atoms with Crippen molar-refractivity contribution in [3.63, 3.8) is 0 Å². The molecule has 8 nitrogen and oxygen atoms in total. The molecule has 8 heteroatoms. The van der Waals surface area contributed by atoms with Crippen molar-refractivity contribution < 1.29 is 24.2 Å². The quantitative estimate of drug-likeness (QED) is 0.506. The second-order valence-electron chi connectivity index (χ2n) is 8.75. The van der Waals surface area contributed by atoms with Crippen LogP contribution in [-0.4, -0.2) is 58.8 Å². The van der Waals surface area contributed by atoms with E-state index in [1.54, 1.807) is 45.0 Å². The molecule has 32 heavy (non-hydrogen) atoms. The van der Waals surface area contributed by atoms with Gasteiger partial charge in [0.05, 0.1) is 6.61 Å². The highest BCUT2D eigenvalue weighted by atomic mass is 16.6. The Hall–Kier alpha value is -3.05. The van der Waals surface area contributed by atoms with Gasteiger partial charge in [0.25, 0.3) is 0 Å². The molecule has 0 aliphatic heterocycles. The van der Waals surface area contributed by atoms with Gasteiger partial charge < -0.3 is 25.4 Å². The Labute approximate surface area is 190 Å². The minimum absolute atomic E-state index is 0.151. The van der Waals surface area contributed by atoms with Crippen molar-refractivity contribution in [1.82, 2.24) is 15.5 Å². The Morgan fingerprint density at radius 1 is 1.16 bits per heavy atom. The Morgan fingerprint density at radius 2 is 1.75 bits per heavy atom. The van der Waals surface area contributed by atoms with E-state index in [9.17, 15) is 19.5 Å². The van der Waals surface area contributed by atoms with Gasteiger partial charge in [0.15, 0.2) is 0 Å². The third-order valence-corrected chi connectivity index (χ3v) is 4.30. The first-order chi connectivity index (χ1) is 14.9. The van der Waals surface area contributed by atoms with Crippen LogP contribution in [0.25, 0.3) is 0 Å². The number of hydrogen-bond acceptors (Lipinski definition) is 5. The number of benzene rings is 1. The maximum atomic E-state index is 13.4. The van der Waals surface area contributed by atoms with Crippen molar-refractivity contribution >= 4 is 17.9 Å². The van der Waals surface area contributed by atoms with Crippen LogP contribution in [0.3, 0.4) is 0 Å². The minimum Gasteiger partial charge on any atom is -0.444 e. The molecule has 0 fully saturated rings.